The molecule has 2 aromatic carbocycles. The van der Waals surface area contributed by atoms with Crippen molar-refractivity contribution < 1.29 is 18.4 Å². The van der Waals surface area contributed by atoms with Gasteiger partial charge in [-0.1, -0.05) is 57.1 Å². The second-order valence-corrected chi connectivity index (χ2v) is 6.61. The minimum Gasteiger partial charge on any atom is -0.427 e. The number of rotatable bonds is 5. The zero-order valence-corrected chi connectivity index (χ0v) is 19.3. The fraction of sp³-hybridized carbons (Fsp3) is 0.348. The summed E-state index contributed by atoms with van der Waals surface area (Å²) in [6, 6.07) is 11.9. The van der Waals surface area contributed by atoms with Gasteiger partial charge >= 0.3 is 5.97 Å². The largest absolute Gasteiger partial charge is 0.427 e. The van der Waals surface area contributed by atoms with E-state index in [1.54, 1.807) is 31.2 Å². The van der Waals surface area contributed by atoms with E-state index < -0.39 is 0 Å². The molecule has 1 heterocycles. The maximum Gasteiger partial charge on any atom is 0.308 e. The standard InChI is InChI=1S/C19H17FN2O3S.2C2H6/c1-11-5-4-6-15(20)16(11)18-21-19(25-22-18)17(26-3)13-7-9-14(10-8-13)24-12(2)23;2*1-2/h4-10,17H,1-3H3;2*1-2H3. The predicted molar refractivity (Wildman–Crippen MR) is 120 cm³/mol. The summed E-state index contributed by atoms with van der Waals surface area (Å²) in [5.41, 5.74) is 1.99. The van der Waals surface area contributed by atoms with Crippen molar-refractivity contribution >= 4 is 17.7 Å². The van der Waals surface area contributed by atoms with Crippen LogP contribution in [0.4, 0.5) is 4.39 Å². The Morgan fingerprint density at radius 1 is 1.10 bits per heavy atom. The van der Waals surface area contributed by atoms with Crippen molar-refractivity contribution in [2.24, 2.45) is 0 Å². The minimum absolute atomic E-state index is 0.213. The number of carbonyl (C=O) groups is 1. The zero-order valence-electron chi connectivity index (χ0n) is 18.5. The molecule has 0 spiro atoms. The molecule has 3 rings (SSSR count). The number of carbonyl (C=O) groups excluding carboxylic acids is 1. The Hall–Kier alpha value is -2.67. The number of hydrogen-bond donors (Lipinski definition) is 0. The van der Waals surface area contributed by atoms with Crippen LogP contribution in [-0.4, -0.2) is 22.4 Å². The number of benzene rings is 2. The lowest BCUT2D eigenvalue weighted by atomic mass is 10.1. The lowest BCUT2D eigenvalue weighted by Crippen LogP contribution is -2.02. The molecule has 5 nitrogen and oxygen atoms in total. The minimum atomic E-state index is -0.385. The molecular formula is C23H29FN2O3S. The van der Waals surface area contributed by atoms with Crippen molar-refractivity contribution in [1.82, 2.24) is 10.1 Å². The molecule has 0 saturated carbocycles. The van der Waals surface area contributed by atoms with Gasteiger partial charge in [0.1, 0.15) is 16.8 Å². The maximum absolute atomic E-state index is 14.1. The van der Waals surface area contributed by atoms with Gasteiger partial charge in [0.2, 0.25) is 11.7 Å². The smallest absolute Gasteiger partial charge is 0.308 e. The van der Waals surface area contributed by atoms with E-state index in [2.05, 4.69) is 10.1 Å². The average Bonchev–Trinajstić information content (AvgIpc) is 3.21. The summed E-state index contributed by atoms with van der Waals surface area (Å²) in [5, 5.41) is 3.74. The third kappa shape index (κ3) is 6.42. The molecule has 0 radical (unpaired) electrons. The lowest BCUT2D eigenvalue weighted by Gasteiger charge is -2.10. The molecule has 0 fully saturated rings. The van der Waals surface area contributed by atoms with Crippen LogP contribution in [0.15, 0.2) is 47.0 Å². The van der Waals surface area contributed by atoms with E-state index in [4.69, 9.17) is 9.26 Å². The molecular weight excluding hydrogens is 403 g/mol. The number of ether oxygens (including phenoxy) is 1. The van der Waals surface area contributed by atoms with Crippen LogP contribution in [-0.2, 0) is 4.79 Å². The van der Waals surface area contributed by atoms with Crippen molar-refractivity contribution in [3.05, 3.63) is 65.3 Å². The predicted octanol–water partition coefficient (Wildman–Crippen LogP) is 6.61. The number of aromatic nitrogens is 2. The van der Waals surface area contributed by atoms with E-state index in [1.807, 2.05) is 46.1 Å². The van der Waals surface area contributed by atoms with E-state index in [0.29, 0.717) is 17.2 Å². The van der Waals surface area contributed by atoms with Gasteiger partial charge in [-0.25, -0.2) is 4.39 Å². The monoisotopic (exact) mass is 432 g/mol. The summed E-state index contributed by atoms with van der Waals surface area (Å²) < 4.78 is 24.6. The summed E-state index contributed by atoms with van der Waals surface area (Å²) in [7, 11) is 0. The number of aryl methyl sites for hydroxylation is 1. The van der Waals surface area contributed by atoms with Crippen LogP contribution < -0.4 is 4.74 Å². The normalized spacial score (nSPS) is 10.8. The van der Waals surface area contributed by atoms with Crippen LogP contribution in [0, 0.1) is 12.7 Å². The summed E-state index contributed by atoms with van der Waals surface area (Å²) in [4.78, 5) is 15.4. The van der Waals surface area contributed by atoms with Crippen LogP contribution in [0.2, 0.25) is 0 Å². The number of thioether (sulfide) groups is 1. The first kappa shape index (κ1) is 25.4. The van der Waals surface area contributed by atoms with E-state index >= 15 is 0 Å². The van der Waals surface area contributed by atoms with Gasteiger partial charge in [0, 0.05) is 6.92 Å². The van der Waals surface area contributed by atoms with E-state index in [1.165, 1.54) is 24.8 Å². The average molecular weight is 433 g/mol. The second-order valence-electron chi connectivity index (χ2n) is 5.67. The lowest BCUT2D eigenvalue weighted by molar-refractivity contribution is -0.131. The van der Waals surface area contributed by atoms with Gasteiger partial charge in [0.25, 0.3) is 0 Å². The first-order chi connectivity index (χ1) is 14.5. The fourth-order valence-electron chi connectivity index (χ4n) is 2.61. The SMILES string of the molecule is CC.CC.CSC(c1ccc(OC(C)=O)cc1)c1nc(-c2c(C)cccc2F)no1. The van der Waals surface area contributed by atoms with Gasteiger partial charge in [0.05, 0.1) is 5.56 Å². The Labute approximate surface area is 182 Å². The number of hydrogen-bond acceptors (Lipinski definition) is 6. The molecule has 1 aromatic heterocycles. The Morgan fingerprint density at radius 2 is 1.73 bits per heavy atom. The van der Waals surface area contributed by atoms with Gasteiger partial charge in [-0.05, 0) is 42.5 Å². The molecule has 30 heavy (non-hydrogen) atoms. The van der Waals surface area contributed by atoms with Gasteiger partial charge in [-0.3, -0.25) is 4.79 Å². The van der Waals surface area contributed by atoms with Crippen LogP contribution in [0.5, 0.6) is 5.75 Å². The molecule has 3 aromatic rings. The molecule has 162 valence electrons. The molecule has 0 N–H and O–H groups in total. The van der Waals surface area contributed by atoms with E-state index in [0.717, 1.165) is 11.1 Å². The summed E-state index contributed by atoms with van der Waals surface area (Å²) >= 11 is 1.52. The molecule has 7 heteroatoms. The highest BCUT2D eigenvalue weighted by Crippen LogP contribution is 2.35. The Morgan fingerprint density at radius 3 is 2.27 bits per heavy atom. The van der Waals surface area contributed by atoms with Gasteiger partial charge < -0.3 is 9.26 Å². The number of nitrogens with zero attached hydrogens (tertiary/aromatic N) is 2. The highest BCUT2D eigenvalue weighted by Gasteiger charge is 2.22. The topological polar surface area (TPSA) is 65.2 Å². The number of halogens is 1. The van der Waals surface area contributed by atoms with E-state index in [9.17, 15) is 9.18 Å². The number of esters is 1. The first-order valence-electron chi connectivity index (χ1n) is 9.90. The Kier molecular flexibility index (Phi) is 10.8. The Bertz CT molecular complexity index is 906. The van der Waals surface area contributed by atoms with Crippen molar-refractivity contribution in [2.45, 2.75) is 46.8 Å². The molecule has 0 aliphatic rings. The van der Waals surface area contributed by atoms with Crippen molar-refractivity contribution in [1.29, 1.82) is 0 Å². The van der Waals surface area contributed by atoms with Crippen molar-refractivity contribution in [2.75, 3.05) is 6.26 Å². The van der Waals surface area contributed by atoms with Crippen molar-refractivity contribution in [3.8, 4) is 17.1 Å². The zero-order chi connectivity index (χ0) is 22.7. The summed E-state index contributed by atoms with van der Waals surface area (Å²) in [5.74, 6) is 0.320. The van der Waals surface area contributed by atoms with Crippen LogP contribution >= 0.6 is 11.8 Å². The quantitative estimate of drug-likeness (QED) is 0.334. The summed E-state index contributed by atoms with van der Waals surface area (Å²) in [6.07, 6.45) is 1.92. The third-order valence-electron chi connectivity index (χ3n) is 3.79. The highest BCUT2D eigenvalue weighted by atomic mass is 32.2. The molecule has 0 aliphatic heterocycles. The highest BCUT2D eigenvalue weighted by molar-refractivity contribution is 7.99. The van der Waals surface area contributed by atoms with Crippen LogP contribution in [0.25, 0.3) is 11.4 Å². The third-order valence-corrected chi connectivity index (χ3v) is 4.74. The first-order valence-corrected chi connectivity index (χ1v) is 11.2. The second kappa shape index (κ2) is 12.8. The van der Waals surface area contributed by atoms with Crippen LogP contribution in [0.1, 0.15) is 56.9 Å². The molecule has 1 unspecified atom stereocenters. The van der Waals surface area contributed by atoms with Crippen LogP contribution in [0.3, 0.4) is 0 Å². The van der Waals surface area contributed by atoms with Crippen molar-refractivity contribution in [3.63, 3.8) is 0 Å². The fourth-order valence-corrected chi connectivity index (χ4v) is 3.34. The molecule has 0 aliphatic carbocycles. The maximum atomic E-state index is 14.1. The van der Waals surface area contributed by atoms with Gasteiger partial charge in [-0.15, -0.1) is 11.8 Å². The molecule has 0 amide bonds. The van der Waals surface area contributed by atoms with Gasteiger partial charge in [-0.2, -0.15) is 4.98 Å². The molecule has 0 bridgehead atoms. The van der Waals surface area contributed by atoms with E-state index in [-0.39, 0.29) is 22.9 Å². The van der Waals surface area contributed by atoms with Gasteiger partial charge in [0.15, 0.2) is 0 Å². The summed E-state index contributed by atoms with van der Waals surface area (Å²) in [6.45, 7) is 11.2. The molecule has 1 atom stereocenters. The molecule has 0 saturated heterocycles. The Balaban J connectivity index is 0.00000106.